The van der Waals surface area contributed by atoms with Crippen LogP contribution in [0.1, 0.15) is 34.1 Å². The van der Waals surface area contributed by atoms with Gasteiger partial charge in [0, 0.05) is 21.9 Å². The van der Waals surface area contributed by atoms with Crippen molar-refractivity contribution in [2.45, 2.75) is 32.7 Å². The topological polar surface area (TPSA) is 24.9 Å². The van der Waals surface area contributed by atoms with E-state index in [1.807, 2.05) is 31.4 Å². The summed E-state index contributed by atoms with van der Waals surface area (Å²) < 4.78 is 0. The lowest BCUT2D eigenvalue weighted by atomic mass is 10.1. The van der Waals surface area contributed by atoms with Gasteiger partial charge in [-0.15, -0.1) is 11.3 Å². The molecule has 0 amide bonds. The Hall–Kier alpha value is -1.19. The predicted molar refractivity (Wildman–Crippen MR) is 78.2 cm³/mol. The van der Waals surface area contributed by atoms with Gasteiger partial charge >= 0.3 is 0 Å². The van der Waals surface area contributed by atoms with Gasteiger partial charge in [-0.3, -0.25) is 4.98 Å². The van der Waals surface area contributed by atoms with Gasteiger partial charge in [0.2, 0.25) is 0 Å². The van der Waals surface area contributed by atoms with Crippen LogP contribution in [-0.2, 0) is 12.8 Å². The van der Waals surface area contributed by atoms with Crippen LogP contribution in [0.2, 0.25) is 0 Å². The Kier molecular flexibility index (Phi) is 4.50. The Morgan fingerprint density at radius 2 is 2.00 bits per heavy atom. The van der Waals surface area contributed by atoms with Crippen LogP contribution in [0, 0.1) is 6.92 Å². The third-order valence-corrected chi connectivity index (χ3v) is 4.34. The van der Waals surface area contributed by atoms with Crippen molar-refractivity contribution in [3.8, 4) is 0 Å². The first-order chi connectivity index (χ1) is 8.72. The smallest absolute Gasteiger partial charge is 0.0579 e. The van der Waals surface area contributed by atoms with Crippen LogP contribution in [0.3, 0.4) is 0 Å². The van der Waals surface area contributed by atoms with Crippen molar-refractivity contribution in [2.75, 3.05) is 7.05 Å². The first-order valence-corrected chi connectivity index (χ1v) is 7.23. The molecule has 0 radical (unpaired) electrons. The lowest BCUT2D eigenvalue weighted by Gasteiger charge is -2.15. The maximum absolute atomic E-state index is 4.61. The van der Waals surface area contributed by atoms with Gasteiger partial charge < -0.3 is 5.32 Å². The summed E-state index contributed by atoms with van der Waals surface area (Å²) in [6, 6.07) is 11.0. The zero-order valence-electron chi connectivity index (χ0n) is 11.2. The van der Waals surface area contributed by atoms with Gasteiger partial charge in [0.1, 0.15) is 0 Å². The van der Waals surface area contributed by atoms with E-state index in [1.54, 1.807) is 0 Å². The molecule has 0 aliphatic carbocycles. The highest BCUT2D eigenvalue weighted by Gasteiger charge is 2.12. The van der Waals surface area contributed by atoms with Crippen LogP contribution < -0.4 is 5.32 Å². The minimum Gasteiger partial charge on any atom is -0.311 e. The van der Waals surface area contributed by atoms with Gasteiger partial charge in [-0.25, -0.2) is 0 Å². The van der Waals surface area contributed by atoms with Gasteiger partial charge in [0.05, 0.1) is 11.7 Å². The average molecular weight is 260 g/mol. The van der Waals surface area contributed by atoms with Crippen LogP contribution >= 0.6 is 11.3 Å². The molecular formula is C15H20N2S. The number of rotatable bonds is 5. The van der Waals surface area contributed by atoms with E-state index in [0.29, 0.717) is 6.04 Å². The summed E-state index contributed by atoms with van der Waals surface area (Å²) in [4.78, 5) is 7.49. The van der Waals surface area contributed by atoms with Gasteiger partial charge in [-0.1, -0.05) is 13.0 Å². The quantitative estimate of drug-likeness (QED) is 0.889. The molecule has 0 spiro atoms. The number of likely N-dealkylation sites (N-methyl/N-ethyl adjacent to an activating group) is 1. The molecule has 2 nitrogen and oxygen atoms in total. The molecule has 0 saturated heterocycles. The fourth-order valence-corrected chi connectivity index (χ4v) is 3.04. The van der Waals surface area contributed by atoms with Gasteiger partial charge in [-0.05, 0) is 44.7 Å². The van der Waals surface area contributed by atoms with Gasteiger partial charge in [0.15, 0.2) is 0 Å². The van der Waals surface area contributed by atoms with Gasteiger partial charge in [0.25, 0.3) is 0 Å². The van der Waals surface area contributed by atoms with Crippen LogP contribution in [-0.4, -0.2) is 12.0 Å². The Balaban J connectivity index is 2.14. The molecular weight excluding hydrogens is 240 g/mol. The van der Waals surface area contributed by atoms with Crippen molar-refractivity contribution in [1.29, 1.82) is 0 Å². The molecule has 2 aromatic heterocycles. The highest BCUT2D eigenvalue weighted by molar-refractivity contribution is 7.11. The number of pyridine rings is 1. The molecule has 3 heteroatoms. The molecule has 0 fully saturated rings. The van der Waals surface area contributed by atoms with E-state index in [1.165, 1.54) is 9.75 Å². The van der Waals surface area contributed by atoms with Crippen LogP contribution in [0.15, 0.2) is 30.3 Å². The highest BCUT2D eigenvalue weighted by Crippen LogP contribution is 2.23. The molecule has 2 heterocycles. The van der Waals surface area contributed by atoms with E-state index in [4.69, 9.17) is 0 Å². The Labute approximate surface area is 113 Å². The molecule has 0 aromatic carbocycles. The molecule has 2 aromatic rings. The lowest BCUT2D eigenvalue weighted by Crippen LogP contribution is -2.19. The number of hydrogen-bond acceptors (Lipinski definition) is 3. The molecule has 0 aliphatic rings. The maximum Gasteiger partial charge on any atom is 0.0579 e. The zero-order valence-corrected chi connectivity index (χ0v) is 12.1. The van der Waals surface area contributed by atoms with Crippen molar-refractivity contribution in [3.05, 3.63) is 51.5 Å². The number of aromatic nitrogens is 1. The normalized spacial score (nSPS) is 12.6. The average Bonchev–Trinajstić information content (AvgIpc) is 2.83. The van der Waals surface area contributed by atoms with E-state index >= 15 is 0 Å². The van der Waals surface area contributed by atoms with Crippen LogP contribution in [0.5, 0.6) is 0 Å². The monoisotopic (exact) mass is 260 g/mol. The van der Waals surface area contributed by atoms with Crippen LogP contribution in [0.25, 0.3) is 0 Å². The minimum atomic E-state index is 0.299. The molecule has 0 saturated carbocycles. The second-order valence-electron chi connectivity index (χ2n) is 4.47. The third kappa shape index (κ3) is 3.18. The molecule has 1 unspecified atom stereocenters. The zero-order chi connectivity index (χ0) is 13.0. The molecule has 2 rings (SSSR count). The van der Waals surface area contributed by atoms with E-state index in [-0.39, 0.29) is 0 Å². The summed E-state index contributed by atoms with van der Waals surface area (Å²) >= 11 is 1.91. The number of thiophene rings is 1. The number of nitrogens with zero attached hydrogens (tertiary/aromatic N) is 1. The standard InChI is InChI=1S/C15H20N2S/c1-4-12-8-9-13(18-12)10-15(16-3)14-7-5-6-11(2)17-14/h5-9,15-16H,4,10H2,1-3H3. The second-order valence-corrected chi connectivity index (χ2v) is 5.72. The number of nitrogens with one attached hydrogen (secondary N) is 1. The largest absolute Gasteiger partial charge is 0.311 e. The van der Waals surface area contributed by atoms with Crippen molar-refractivity contribution >= 4 is 11.3 Å². The molecule has 0 aliphatic heterocycles. The third-order valence-electron chi connectivity index (χ3n) is 3.09. The Bertz CT molecular complexity index is 505. The van der Waals surface area contributed by atoms with E-state index in [2.05, 4.69) is 41.5 Å². The fraction of sp³-hybridized carbons (Fsp3) is 0.400. The summed E-state index contributed by atoms with van der Waals surface area (Å²) in [6.07, 6.45) is 2.13. The summed E-state index contributed by atoms with van der Waals surface area (Å²) in [5.41, 5.74) is 2.21. The second kappa shape index (κ2) is 6.12. The van der Waals surface area contributed by atoms with Crippen molar-refractivity contribution in [2.24, 2.45) is 0 Å². The molecule has 0 bridgehead atoms. The van der Waals surface area contributed by atoms with Crippen molar-refractivity contribution < 1.29 is 0 Å². The summed E-state index contributed by atoms with van der Waals surface area (Å²) in [6.45, 7) is 4.24. The Morgan fingerprint density at radius 3 is 2.61 bits per heavy atom. The van der Waals surface area contributed by atoms with Crippen LogP contribution in [0.4, 0.5) is 0 Å². The van der Waals surface area contributed by atoms with E-state index in [9.17, 15) is 0 Å². The molecule has 18 heavy (non-hydrogen) atoms. The SMILES string of the molecule is CCc1ccc(CC(NC)c2cccc(C)n2)s1. The predicted octanol–water partition coefficient (Wildman–Crippen LogP) is 3.52. The molecule has 1 atom stereocenters. The number of hydrogen-bond donors (Lipinski definition) is 1. The van der Waals surface area contributed by atoms with E-state index in [0.717, 1.165) is 24.2 Å². The van der Waals surface area contributed by atoms with Crippen molar-refractivity contribution in [3.63, 3.8) is 0 Å². The van der Waals surface area contributed by atoms with E-state index < -0.39 is 0 Å². The highest BCUT2D eigenvalue weighted by atomic mass is 32.1. The lowest BCUT2D eigenvalue weighted by molar-refractivity contribution is 0.579. The van der Waals surface area contributed by atoms with Crippen molar-refractivity contribution in [1.82, 2.24) is 10.3 Å². The summed E-state index contributed by atoms with van der Waals surface area (Å²) in [5.74, 6) is 0. The first kappa shape index (κ1) is 13.2. The molecule has 96 valence electrons. The molecule has 1 N–H and O–H groups in total. The fourth-order valence-electron chi connectivity index (χ4n) is 2.04. The number of aryl methyl sites for hydroxylation is 2. The Morgan fingerprint density at radius 1 is 1.22 bits per heavy atom. The summed E-state index contributed by atoms with van der Waals surface area (Å²) in [5, 5.41) is 3.37. The van der Waals surface area contributed by atoms with Gasteiger partial charge in [-0.2, -0.15) is 0 Å². The summed E-state index contributed by atoms with van der Waals surface area (Å²) in [7, 11) is 2.00. The minimum absolute atomic E-state index is 0.299. The maximum atomic E-state index is 4.61. The first-order valence-electron chi connectivity index (χ1n) is 6.41.